The lowest BCUT2D eigenvalue weighted by Gasteiger charge is -2.07. The molecule has 0 rings (SSSR count). The Balaban J connectivity index is 3.22. The highest BCUT2D eigenvalue weighted by atomic mass is 16.4. The van der Waals surface area contributed by atoms with Gasteiger partial charge in [0.25, 0.3) is 0 Å². The molecule has 0 aliphatic rings. The summed E-state index contributed by atoms with van der Waals surface area (Å²) in [6.07, 6.45) is -1.14. The number of carbonyl (C=O) groups is 1. The summed E-state index contributed by atoms with van der Waals surface area (Å²) in [4.78, 5) is 10.0. The third-order valence-corrected chi connectivity index (χ3v) is 1.08. The monoisotopic (exact) mass is 163 g/mol. The largest absolute Gasteiger partial charge is 0.481 e. The molecule has 0 aliphatic carbocycles. The van der Waals surface area contributed by atoms with Gasteiger partial charge in [0.1, 0.15) is 0 Å². The molecule has 5 nitrogen and oxygen atoms in total. The van der Waals surface area contributed by atoms with Gasteiger partial charge in [0.05, 0.1) is 19.1 Å². The molecule has 0 heterocycles. The van der Waals surface area contributed by atoms with E-state index in [4.69, 9.17) is 15.3 Å². The first kappa shape index (κ1) is 10.3. The lowest BCUT2D eigenvalue weighted by molar-refractivity contribution is -0.139. The van der Waals surface area contributed by atoms with E-state index in [0.29, 0.717) is 6.54 Å². The van der Waals surface area contributed by atoms with E-state index in [0.717, 1.165) is 0 Å². The van der Waals surface area contributed by atoms with Crippen molar-refractivity contribution in [2.75, 3.05) is 19.7 Å². The number of aliphatic hydroxyl groups is 2. The second kappa shape index (κ2) is 6.09. The lowest BCUT2D eigenvalue weighted by atomic mass is 10.2. The number of nitrogens with one attached hydrogen (secondary N) is 1. The van der Waals surface area contributed by atoms with Gasteiger partial charge in [-0.25, -0.2) is 0 Å². The van der Waals surface area contributed by atoms with Gasteiger partial charge in [-0.05, 0) is 0 Å². The predicted molar refractivity (Wildman–Crippen MR) is 38.2 cm³/mol. The van der Waals surface area contributed by atoms with Crippen LogP contribution in [0.3, 0.4) is 0 Å². The van der Waals surface area contributed by atoms with Gasteiger partial charge < -0.3 is 20.6 Å². The highest BCUT2D eigenvalue weighted by molar-refractivity contribution is 5.67. The van der Waals surface area contributed by atoms with Crippen molar-refractivity contribution in [2.45, 2.75) is 12.5 Å². The van der Waals surface area contributed by atoms with Crippen LogP contribution in [0.2, 0.25) is 0 Å². The molecule has 0 saturated carbocycles. The fourth-order valence-electron chi connectivity index (χ4n) is 0.621. The normalized spacial score (nSPS) is 12.9. The minimum Gasteiger partial charge on any atom is -0.481 e. The Hall–Kier alpha value is -0.650. The van der Waals surface area contributed by atoms with E-state index in [-0.39, 0.29) is 19.6 Å². The number of carboxylic acids is 1. The summed E-state index contributed by atoms with van der Waals surface area (Å²) in [5, 5.41) is 28.1. The van der Waals surface area contributed by atoms with Crippen LogP contribution in [0.1, 0.15) is 6.42 Å². The molecule has 5 heteroatoms. The zero-order chi connectivity index (χ0) is 8.69. The maximum absolute atomic E-state index is 10.0. The summed E-state index contributed by atoms with van der Waals surface area (Å²) in [6.45, 7) is 0.559. The minimum atomic E-state index is -1.02. The van der Waals surface area contributed by atoms with Crippen LogP contribution in [0.4, 0.5) is 0 Å². The van der Waals surface area contributed by atoms with Gasteiger partial charge in [0, 0.05) is 13.1 Å². The molecule has 0 aromatic heterocycles. The molecule has 0 aromatic carbocycles. The molecule has 0 bridgehead atoms. The summed E-state index contributed by atoms with van der Waals surface area (Å²) in [5.74, 6) is -1.02. The molecule has 11 heavy (non-hydrogen) atoms. The Kier molecular flexibility index (Phi) is 5.73. The van der Waals surface area contributed by atoms with Gasteiger partial charge in [0.15, 0.2) is 0 Å². The molecular weight excluding hydrogens is 150 g/mol. The summed E-state index contributed by atoms with van der Waals surface area (Å²) in [7, 11) is 0. The van der Waals surface area contributed by atoms with Crippen molar-refractivity contribution >= 4 is 5.97 Å². The molecule has 0 aromatic rings. The van der Waals surface area contributed by atoms with E-state index in [1.807, 2.05) is 0 Å². The van der Waals surface area contributed by atoms with Crippen molar-refractivity contribution in [1.82, 2.24) is 5.32 Å². The molecule has 66 valence electrons. The van der Waals surface area contributed by atoms with Crippen molar-refractivity contribution in [2.24, 2.45) is 0 Å². The van der Waals surface area contributed by atoms with E-state index in [1.54, 1.807) is 0 Å². The second-order valence-corrected chi connectivity index (χ2v) is 2.18. The SMILES string of the molecule is O=C(O)CC(O)CNCCO. The second-order valence-electron chi connectivity index (χ2n) is 2.18. The number of aliphatic carboxylic acids is 1. The minimum absolute atomic E-state index is 0.0141. The van der Waals surface area contributed by atoms with Gasteiger partial charge in [0.2, 0.25) is 0 Å². The van der Waals surface area contributed by atoms with Gasteiger partial charge in [-0.15, -0.1) is 0 Å². The third-order valence-electron chi connectivity index (χ3n) is 1.08. The van der Waals surface area contributed by atoms with Gasteiger partial charge in [-0.1, -0.05) is 0 Å². The number of aliphatic hydroxyl groups excluding tert-OH is 2. The Labute approximate surface area is 64.7 Å². The lowest BCUT2D eigenvalue weighted by Crippen LogP contribution is -2.30. The van der Waals surface area contributed by atoms with Crippen LogP contribution in [-0.4, -0.2) is 47.1 Å². The number of hydrogen-bond acceptors (Lipinski definition) is 4. The van der Waals surface area contributed by atoms with Crippen molar-refractivity contribution in [3.8, 4) is 0 Å². The topological polar surface area (TPSA) is 89.8 Å². The van der Waals surface area contributed by atoms with E-state index in [9.17, 15) is 4.79 Å². The molecule has 4 N–H and O–H groups in total. The zero-order valence-corrected chi connectivity index (χ0v) is 6.16. The quantitative estimate of drug-likeness (QED) is 0.354. The van der Waals surface area contributed by atoms with Gasteiger partial charge in [-0.2, -0.15) is 0 Å². The van der Waals surface area contributed by atoms with Crippen LogP contribution >= 0.6 is 0 Å². The van der Waals surface area contributed by atoms with Crippen LogP contribution in [0.25, 0.3) is 0 Å². The number of carboxylic acid groups (broad SMARTS) is 1. The Morgan fingerprint density at radius 3 is 2.64 bits per heavy atom. The van der Waals surface area contributed by atoms with Crippen LogP contribution in [0.15, 0.2) is 0 Å². The fourth-order valence-corrected chi connectivity index (χ4v) is 0.621. The first-order valence-corrected chi connectivity index (χ1v) is 3.38. The van der Waals surface area contributed by atoms with Gasteiger partial charge >= 0.3 is 5.97 Å². The molecule has 0 aliphatic heterocycles. The molecule has 0 amide bonds. The summed E-state index contributed by atoms with van der Waals surface area (Å²) in [6, 6.07) is 0. The molecule has 0 fully saturated rings. The number of rotatable bonds is 6. The Morgan fingerprint density at radius 2 is 2.18 bits per heavy atom. The van der Waals surface area contributed by atoms with Crippen molar-refractivity contribution in [3.05, 3.63) is 0 Å². The first-order chi connectivity index (χ1) is 5.16. The molecule has 1 atom stereocenters. The van der Waals surface area contributed by atoms with E-state index < -0.39 is 12.1 Å². The molecule has 1 unspecified atom stereocenters. The molecule has 0 radical (unpaired) electrons. The molecular formula is C6H13NO4. The van der Waals surface area contributed by atoms with Crippen LogP contribution in [0.5, 0.6) is 0 Å². The standard InChI is InChI=1S/C6H13NO4/c8-2-1-7-4-5(9)3-6(10)11/h5,7-9H,1-4H2,(H,10,11). The third kappa shape index (κ3) is 7.24. The maximum atomic E-state index is 10.0. The first-order valence-electron chi connectivity index (χ1n) is 3.38. The van der Waals surface area contributed by atoms with E-state index >= 15 is 0 Å². The van der Waals surface area contributed by atoms with Crippen LogP contribution in [0, 0.1) is 0 Å². The van der Waals surface area contributed by atoms with E-state index in [1.165, 1.54) is 0 Å². The van der Waals surface area contributed by atoms with Crippen LogP contribution < -0.4 is 5.32 Å². The number of hydrogen-bond donors (Lipinski definition) is 4. The van der Waals surface area contributed by atoms with E-state index in [2.05, 4.69) is 5.32 Å². The average molecular weight is 163 g/mol. The Morgan fingerprint density at radius 1 is 1.55 bits per heavy atom. The summed E-state index contributed by atoms with van der Waals surface area (Å²) < 4.78 is 0. The smallest absolute Gasteiger partial charge is 0.306 e. The van der Waals surface area contributed by atoms with Crippen molar-refractivity contribution in [1.29, 1.82) is 0 Å². The predicted octanol–water partition coefficient (Wildman–Crippen LogP) is -1.60. The average Bonchev–Trinajstić information content (AvgIpc) is 1.86. The van der Waals surface area contributed by atoms with Gasteiger partial charge in [-0.3, -0.25) is 4.79 Å². The highest BCUT2D eigenvalue weighted by Gasteiger charge is 2.07. The molecule has 0 spiro atoms. The zero-order valence-electron chi connectivity index (χ0n) is 6.16. The fraction of sp³-hybridized carbons (Fsp3) is 0.833. The Bertz CT molecular complexity index is 117. The molecule has 0 saturated heterocycles. The maximum Gasteiger partial charge on any atom is 0.306 e. The summed E-state index contributed by atoms with van der Waals surface area (Å²) in [5.41, 5.74) is 0. The van der Waals surface area contributed by atoms with Crippen molar-refractivity contribution in [3.63, 3.8) is 0 Å². The summed E-state index contributed by atoms with van der Waals surface area (Å²) >= 11 is 0. The van der Waals surface area contributed by atoms with Crippen molar-refractivity contribution < 1.29 is 20.1 Å². The van der Waals surface area contributed by atoms with Crippen LogP contribution in [-0.2, 0) is 4.79 Å². The highest BCUT2D eigenvalue weighted by Crippen LogP contribution is 1.88.